The van der Waals surface area contributed by atoms with Crippen molar-refractivity contribution in [3.63, 3.8) is 0 Å². The number of rotatable bonds is 4. The molecule has 2 atom stereocenters. The largest absolute Gasteiger partial charge is 0.479 e. The lowest BCUT2D eigenvalue weighted by Gasteiger charge is -2.19. The molecule has 0 saturated carbocycles. The molecule has 0 bridgehead atoms. The molecule has 1 aliphatic heterocycles. The fraction of sp³-hybridized carbons (Fsp3) is 0.667. The molecule has 90 valence electrons. The van der Waals surface area contributed by atoms with Gasteiger partial charge in [-0.3, -0.25) is 9.59 Å². The molecule has 1 heterocycles. The molecule has 0 aromatic rings. The average Bonchev–Trinajstić information content (AvgIpc) is 2.61. The normalized spacial score (nSPS) is 23.4. The van der Waals surface area contributed by atoms with Crippen molar-refractivity contribution in [3.8, 4) is 0 Å². The molecule has 1 saturated heterocycles. The average molecular weight is 230 g/mol. The summed E-state index contributed by atoms with van der Waals surface area (Å²) in [4.78, 5) is 32.8. The molecule has 2 amide bonds. The summed E-state index contributed by atoms with van der Waals surface area (Å²) < 4.78 is 0. The highest BCUT2D eigenvalue weighted by atomic mass is 16.4. The van der Waals surface area contributed by atoms with Crippen LogP contribution >= 0.6 is 0 Å². The molecule has 0 radical (unpaired) electrons. The monoisotopic (exact) mass is 230 g/mol. The van der Waals surface area contributed by atoms with E-state index in [2.05, 4.69) is 10.6 Å². The molecule has 0 spiro atoms. The Morgan fingerprint density at radius 1 is 1.62 bits per heavy atom. The van der Waals surface area contributed by atoms with Gasteiger partial charge in [-0.25, -0.2) is 4.79 Å². The summed E-state index contributed by atoms with van der Waals surface area (Å²) in [5.41, 5.74) is -2.00. The summed E-state index contributed by atoms with van der Waals surface area (Å²) >= 11 is 0. The molecule has 7 nitrogen and oxygen atoms in total. The number of hydrogen-bond acceptors (Lipinski definition) is 4. The molecule has 0 aromatic heterocycles. The van der Waals surface area contributed by atoms with E-state index >= 15 is 0 Å². The lowest BCUT2D eigenvalue weighted by molar-refractivity contribution is -0.156. The van der Waals surface area contributed by atoms with Gasteiger partial charge in [0.1, 0.15) is 6.04 Å². The Morgan fingerprint density at radius 2 is 2.25 bits per heavy atom. The second-order valence-corrected chi connectivity index (χ2v) is 3.96. The molecular formula is C9H14N2O5. The lowest BCUT2D eigenvalue weighted by Crippen LogP contribution is -2.50. The van der Waals surface area contributed by atoms with E-state index in [0.717, 1.165) is 6.92 Å². The van der Waals surface area contributed by atoms with Gasteiger partial charge in [-0.05, 0) is 13.3 Å². The van der Waals surface area contributed by atoms with Gasteiger partial charge in [-0.15, -0.1) is 0 Å². The highest BCUT2D eigenvalue weighted by Crippen LogP contribution is 2.07. The van der Waals surface area contributed by atoms with Crippen molar-refractivity contribution in [3.05, 3.63) is 0 Å². The number of aliphatic hydroxyl groups is 1. The first-order valence-electron chi connectivity index (χ1n) is 4.86. The Balaban J connectivity index is 2.41. The van der Waals surface area contributed by atoms with E-state index in [9.17, 15) is 19.5 Å². The third-order valence-electron chi connectivity index (χ3n) is 2.38. The van der Waals surface area contributed by atoms with E-state index in [1.165, 1.54) is 0 Å². The first-order chi connectivity index (χ1) is 7.33. The van der Waals surface area contributed by atoms with Gasteiger partial charge in [0.05, 0.1) is 6.54 Å². The molecule has 2 unspecified atom stereocenters. The van der Waals surface area contributed by atoms with Crippen molar-refractivity contribution < 1.29 is 24.6 Å². The molecule has 0 aliphatic carbocycles. The van der Waals surface area contributed by atoms with Gasteiger partial charge in [-0.1, -0.05) is 0 Å². The molecule has 1 rings (SSSR count). The van der Waals surface area contributed by atoms with Crippen LogP contribution in [0.5, 0.6) is 0 Å². The summed E-state index contributed by atoms with van der Waals surface area (Å²) in [5.74, 6) is -2.10. The third-order valence-corrected chi connectivity index (χ3v) is 2.38. The summed E-state index contributed by atoms with van der Waals surface area (Å²) in [7, 11) is 0. The maximum Gasteiger partial charge on any atom is 0.337 e. The zero-order valence-electron chi connectivity index (χ0n) is 8.82. The van der Waals surface area contributed by atoms with Crippen LogP contribution in [0.25, 0.3) is 0 Å². The van der Waals surface area contributed by atoms with E-state index in [0.29, 0.717) is 6.42 Å². The summed E-state index contributed by atoms with van der Waals surface area (Å²) in [6.07, 6.45) is 0.674. The maximum absolute atomic E-state index is 11.4. The van der Waals surface area contributed by atoms with Crippen molar-refractivity contribution in [1.29, 1.82) is 0 Å². The van der Waals surface area contributed by atoms with Crippen LogP contribution in [-0.2, 0) is 14.4 Å². The summed E-state index contributed by atoms with van der Waals surface area (Å²) in [5, 5.41) is 22.6. The zero-order valence-corrected chi connectivity index (χ0v) is 8.82. The van der Waals surface area contributed by atoms with Crippen LogP contribution in [0.3, 0.4) is 0 Å². The topological polar surface area (TPSA) is 116 Å². The molecule has 7 heteroatoms. The SMILES string of the molecule is CC(O)(CNC(=O)C1CCC(=O)N1)C(=O)O. The van der Waals surface area contributed by atoms with Crippen molar-refractivity contribution in [1.82, 2.24) is 10.6 Å². The second kappa shape index (κ2) is 4.48. The number of aliphatic carboxylic acids is 1. The Bertz CT molecular complexity index is 326. The van der Waals surface area contributed by atoms with E-state index < -0.39 is 30.1 Å². The zero-order chi connectivity index (χ0) is 12.3. The van der Waals surface area contributed by atoms with E-state index in [4.69, 9.17) is 5.11 Å². The Morgan fingerprint density at radius 3 is 2.69 bits per heavy atom. The van der Waals surface area contributed by atoms with Gasteiger partial charge in [0.2, 0.25) is 11.8 Å². The smallest absolute Gasteiger partial charge is 0.337 e. The Kier molecular flexibility index (Phi) is 3.48. The van der Waals surface area contributed by atoms with Crippen LogP contribution in [0.15, 0.2) is 0 Å². The van der Waals surface area contributed by atoms with Gasteiger partial charge in [0.15, 0.2) is 5.60 Å². The van der Waals surface area contributed by atoms with Crippen LogP contribution in [-0.4, -0.2) is 46.2 Å². The first-order valence-corrected chi connectivity index (χ1v) is 4.86. The van der Waals surface area contributed by atoms with Crippen LogP contribution < -0.4 is 10.6 Å². The molecule has 4 N–H and O–H groups in total. The van der Waals surface area contributed by atoms with Crippen LogP contribution in [0.2, 0.25) is 0 Å². The quantitative estimate of drug-likeness (QED) is 0.455. The van der Waals surface area contributed by atoms with Gasteiger partial charge < -0.3 is 20.8 Å². The molecular weight excluding hydrogens is 216 g/mol. The summed E-state index contributed by atoms with van der Waals surface area (Å²) in [6.45, 7) is 0.691. The van der Waals surface area contributed by atoms with E-state index in [-0.39, 0.29) is 12.3 Å². The molecule has 16 heavy (non-hydrogen) atoms. The predicted molar refractivity (Wildman–Crippen MR) is 52.4 cm³/mol. The maximum atomic E-state index is 11.4. The van der Waals surface area contributed by atoms with Gasteiger partial charge in [0.25, 0.3) is 0 Å². The Labute approximate surface area is 91.8 Å². The number of nitrogens with one attached hydrogen (secondary N) is 2. The second-order valence-electron chi connectivity index (χ2n) is 3.96. The van der Waals surface area contributed by atoms with Gasteiger partial charge >= 0.3 is 5.97 Å². The highest BCUT2D eigenvalue weighted by Gasteiger charge is 2.33. The van der Waals surface area contributed by atoms with Crippen LogP contribution in [0, 0.1) is 0 Å². The van der Waals surface area contributed by atoms with E-state index in [1.807, 2.05) is 0 Å². The Hall–Kier alpha value is -1.63. The van der Waals surface area contributed by atoms with Crippen molar-refractivity contribution in [2.24, 2.45) is 0 Å². The third kappa shape index (κ3) is 2.93. The number of carboxylic acid groups (broad SMARTS) is 1. The van der Waals surface area contributed by atoms with Crippen molar-refractivity contribution in [2.45, 2.75) is 31.4 Å². The van der Waals surface area contributed by atoms with Gasteiger partial charge in [-0.2, -0.15) is 0 Å². The summed E-state index contributed by atoms with van der Waals surface area (Å²) in [6, 6.07) is -0.628. The molecule has 1 aliphatic rings. The first kappa shape index (κ1) is 12.4. The minimum atomic E-state index is -2.00. The number of hydrogen-bond donors (Lipinski definition) is 4. The van der Waals surface area contributed by atoms with Crippen LogP contribution in [0.4, 0.5) is 0 Å². The minimum absolute atomic E-state index is 0.204. The molecule has 0 aromatic carbocycles. The van der Waals surface area contributed by atoms with Crippen molar-refractivity contribution in [2.75, 3.05) is 6.54 Å². The number of carbonyl (C=O) groups is 3. The molecule has 1 fully saturated rings. The van der Waals surface area contributed by atoms with Crippen molar-refractivity contribution >= 4 is 17.8 Å². The number of carboxylic acids is 1. The standard InChI is InChI=1S/C9H14N2O5/c1-9(16,8(14)15)4-10-7(13)5-2-3-6(12)11-5/h5,16H,2-4H2,1H3,(H,10,13)(H,11,12)(H,14,15). The van der Waals surface area contributed by atoms with Crippen LogP contribution in [0.1, 0.15) is 19.8 Å². The fourth-order valence-corrected chi connectivity index (χ4v) is 1.27. The van der Waals surface area contributed by atoms with E-state index in [1.54, 1.807) is 0 Å². The highest BCUT2D eigenvalue weighted by molar-refractivity contribution is 5.91. The number of carbonyl (C=O) groups excluding carboxylic acids is 2. The van der Waals surface area contributed by atoms with Gasteiger partial charge in [0, 0.05) is 6.42 Å². The fourth-order valence-electron chi connectivity index (χ4n) is 1.27. The minimum Gasteiger partial charge on any atom is -0.479 e. The lowest BCUT2D eigenvalue weighted by atomic mass is 10.1. The predicted octanol–water partition coefficient (Wildman–Crippen LogP) is -1.78. The number of amides is 2.